The smallest absolute Gasteiger partial charge is 0.361 e. The zero-order valence-corrected chi connectivity index (χ0v) is 9.36. The first kappa shape index (κ1) is 10.6. The Morgan fingerprint density at radius 3 is 2.67 bits per heavy atom. The van der Waals surface area contributed by atoms with Gasteiger partial charge in [-0.1, -0.05) is 22.0 Å². The van der Waals surface area contributed by atoms with Crippen molar-refractivity contribution in [3.63, 3.8) is 0 Å². The molecule has 4 nitrogen and oxygen atoms in total. The minimum atomic E-state index is -1.17. The van der Waals surface area contributed by atoms with Crippen LogP contribution in [0.5, 0.6) is 0 Å². The number of benzene rings is 1. The van der Waals surface area contributed by atoms with Crippen LogP contribution in [0.1, 0.15) is 11.1 Å². The van der Waals surface area contributed by atoms with Gasteiger partial charge in [0.1, 0.15) is 0 Å². The fraction of sp³-hybridized carbons (Fsp3) is 0.300. The Hall–Kier alpha value is -0.910. The predicted molar refractivity (Wildman–Crippen MR) is 55.1 cm³/mol. The van der Waals surface area contributed by atoms with Gasteiger partial charge in [0, 0.05) is 4.47 Å². The third-order valence-electron chi connectivity index (χ3n) is 2.15. The van der Waals surface area contributed by atoms with Crippen LogP contribution in [0.15, 0.2) is 22.7 Å². The van der Waals surface area contributed by atoms with Gasteiger partial charge in [-0.15, -0.1) is 0 Å². The molecule has 1 aromatic carbocycles. The first-order valence-corrected chi connectivity index (χ1v) is 5.19. The molecule has 1 N–H and O–H groups in total. The topological polar surface area (TPSA) is 55.8 Å². The van der Waals surface area contributed by atoms with Crippen LogP contribution in [0.3, 0.4) is 0 Å². The lowest BCUT2D eigenvalue weighted by atomic mass is 10.1. The summed E-state index contributed by atoms with van der Waals surface area (Å²) in [6.45, 7) is 0.519. The number of carboxylic acids is 1. The number of carbonyl (C=O) groups is 1. The van der Waals surface area contributed by atoms with Gasteiger partial charge in [-0.25, -0.2) is 4.79 Å². The molecule has 1 heterocycles. The van der Waals surface area contributed by atoms with Gasteiger partial charge in [0.2, 0.25) is 0 Å². The molecular formula is C10H9BrO4. The standard InChI is InChI=1S/C10H9BrO4/c11-8-2-1-6-4-14-10(9(12)13)15-5-7(6)3-8/h1-3,10H,4-5H2,(H,12,13). The summed E-state index contributed by atoms with van der Waals surface area (Å²) in [6, 6.07) is 5.69. The van der Waals surface area contributed by atoms with E-state index in [4.69, 9.17) is 14.6 Å². The van der Waals surface area contributed by atoms with Crippen LogP contribution in [0.2, 0.25) is 0 Å². The van der Waals surface area contributed by atoms with Crippen molar-refractivity contribution in [1.82, 2.24) is 0 Å². The number of hydrogen-bond donors (Lipinski definition) is 1. The molecule has 0 aromatic heterocycles. The maximum atomic E-state index is 10.7. The lowest BCUT2D eigenvalue weighted by Gasteiger charge is -2.08. The first-order chi connectivity index (χ1) is 7.16. The van der Waals surface area contributed by atoms with Gasteiger partial charge in [-0.05, 0) is 23.3 Å². The molecule has 80 valence electrons. The molecule has 0 aliphatic carbocycles. The van der Waals surface area contributed by atoms with Crippen molar-refractivity contribution >= 4 is 21.9 Å². The fourth-order valence-electron chi connectivity index (χ4n) is 1.39. The van der Waals surface area contributed by atoms with Gasteiger partial charge in [0.25, 0.3) is 6.29 Å². The first-order valence-electron chi connectivity index (χ1n) is 4.40. The van der Waals surface area contributed by atoms with Crippen LogP contribution in [-0.2, 0) is 27.5 Å². The monoisotopic (exact) mass is 272 g/mol. The summed E-state index contributed by atoms with van der Waals surface area (Å²) in [4.78, 5) is 10.7. The molecule has 15 heavy (non-hydrogen) atoms. The lowest BCUT2D eigenvalue weighted by Crippen LogP contribution is -2.25. The second-order valence-corrected chi connectivity index (χ2v) is 4.12. The number of carboxylic acid groups (broad SMARTS) is 1. The van der Waals surface area contributed by atoms with Crippen LogP contribution in [0, 0.1) is 0 Å². The normalized spacial score (nSPS) is 20.5. The Labute approximate surface area is 94.9 Å². The average Bonchev–Trinajstić information content (AvgIpc) is 2.39. The van der Waals surface area contributed by atoms with E-state index in [0.717, 1.165) is 15.6 Å². The molecule has 1 aromatic rings. The summed E-state index contributed by atoms with van der Waals surface area (Å²) >= 11 is 3.35. The summed E-state index contributed by atoms with van der Waals surface area (Å²) < 4.78 is 11.1. The van der Waals surface area contributed by atoms with E-state index in [2.05, 4.69) is 15.9 Å². The van der Waals surface area contributed by atoms with Crippen LogP contribution in [0.4, 0.5) is 0 Å². The molecular weight excluding hydrogens is 264 g/mol. The Balaban J connectivity index is 2.21. The van der Waals surface area contributed by atoms with Crippen LogP contribution >= 0.6 is 15.9 Å². The molecule has 1 aliphatic rings. The van der Waals surface area contributed by atoms with Crippen LogP contribution in [-0.4, -0.2) is 17.4 Å². The molecule has 0 saturated carbocycles. The van der Waals surface area contributed by atoms with Crippen molar-refractivity contribution in [2.75, 3.05) is 0 Å². The Kier molecular flexibility index (Phi) is 3.04. The Morgan fingerprint density at radius 1 is 1.33 bits per heavy atom. The molecule has 5 heteroatoms. The zero-order chi connectivity index (χ0) is 10.8. The number of aliphatic carboxylic acids is 1. The number of halogens is 1. The highest BCUT2D eigenvalue weighted by atomic mass is 79.9. The third kappa shape index (κ3) is 2.37. The van der Waals surface area contributed by atoms with Gasteiger partial charge < -0.3 is 14.6 Å². The molecule has 0 bridgehead atoms. The summed E-state index contributed by atoms with van der Waals surface area (Å²) in [5, 5.41) is 8.74. The maximum Gasteiger partial charge on any atom is 0.361 e. The molecule has 1 atom stereocenters. The predicted octanol–water partition coefficient (Wildman–Crippen LogP) is 1.91. The van der Waals surface area contributed by atoms with Gasteiger partial charge in [-0.2, -0.15) is 0 Å². The second kappa shape index (κ2) is 4.30. The van der Waals surface area contributed by atoms with E-state index < -0.39 is 12.3 Å². The minimum Gasteiger partial charge on any atom is -0.477 e. The van der Waals surface area contributed by atoms with Gasteiger partial charge in [0.15, 0.2) is 0 Å². The van der Waals surface area contributed by atoms with Crippen LogP contribution < -0.4 is 0 Å². The number of rotatable bonds is 1. The van der Waals surface area contributed by atoms with Gasteiger partial charge >= 0.3 is 5.97 Å². The highest BCUT2D eigenvalue weighted by molar-refractivity contribution is 9.10. The lowest BCUT2D eigenvalue weighted by molar-refractivity contribution is -0.192. The van der Waals surface area contributed by atoms with Gasteiger partial charge in [0.05, 0.1) is 13.2 Å². The average molecular weight is 273 g/mol. The SMILES string of the molecule is O=C(O)C1OCc2ccc(Br)cc2CO1. The Bertz CT molecular complexity index is 391. The van der Waals surface area contributed by atoms with E-state index in [1.165, 1.54) is 0 Å². The molecule has 0 amide bonds. The molecule has 0 spiro atoms. The third-order valence-corrected chi connectivity index (χ3v) is 2.64. The van der Waals surface area contributed by atoms with Crippen molar-refractivity contribution in [2.45, 2.75) is 19.5 Å². The molecule has 1 aliphatic heterocycles. The largest absolute Gasteiger partial charge is 0.477 e. The summed E-state index contributed by atoms with van der Waals surface area (Å²) in [6.07, 6.45) is -1.17. The quantitative estimate of drug-likeness (QED) is 0.849. The van der Waals surface area contributed by atoms with Crippen molar-refractivity contribution in [3.05, 3.63) is 33.8 Å². The van der Waals surface area contributed by atoms with Gasteiger partial charge in [-0.3, -0.25) is 0 Å². The van der Waals surface area contributed by atoms with E-state index in [1.807, 2.05) is 18.2 Å². The fourth-order valence-corrected chi connectivity index (χ4v) is 1.80. The molecule has 0 radical (unpaired) electrons. The van der Waals surface area contributed by atoms with E-state index in [9.17, 15) is 4.79 Å². The highest BCUT2D eigenvalue weighted by Gasteiger charge is 2.23. The maximum absolute atomic E-state index is 10.7. The molecule has 0 saturated heterocycles. The Morgan fingerprint density at radius 2 is 2.00 bits per heavy atom. The number of fused-ring (bicyclic) bond motifs is 1. The van der Waals surface area contributed by atoms with E-state index >= 15 is 0 Å². The van der Waals surface area contributed by atoms with E-state index in [1.54, 1.807) is 0 Å². The number of ether oxygens (including phenoxy) is 2. The zero-order valence-electron chi connectivity index (χ0n) is 7.77. The highest BCUT2D eigenvalue weighted by Crippen LogP contribution is 2.22. The second-order valence-electron chi connectivity index (χ2n) is 3.21. The van der Waals surface area contributed by atoms with Crippen molar-refractivity contribution < 1.29 is 19.4 Å². The van der Waals surface area contributed by atoms with Crippen molar-refractivity contribution in [3.8, 4) is 0 Å². The molecule has 0 fully saturated rings. The minimum absolute atomic E-state index is 0.256. The van der Waals surface area contributed by atoms with Crippen LogP contribution in [0.25, 0.3) is 0 Å². The van der Waals surface area contributed by atoms with Crippen molar-refractivity contribution in [2.24, 2.45) is 0 Å². The summed E-state index contributed by atoms with van der Waals surface area (Å²) in [7, 11) is 0. The summed E-state index contributed by atoms with van der Waals surface area (Å²) in [5.41, 5.74) is 1.91. The van der Waals surface area contributed by atoms with E-state index in [0.29, 0.717) is 0 Å². The van der Waals surface area contributed by atoms with E-state index in [-0.39, 0.29) is 13.2 Å². The van der Waals surface area contributed by atoms with Crippen molar-refractivity contribution in [1.29, 1.82) is 0 Å². The summed E-state index contributed by atoms with van der Waals surface area (Å²) in [5.74, 6) is -1.10. The molecule has 2 rings (SSSR count). The number of hydrogen-bond acceptors (Lipinski definition) is 3. The molecule has 1 unspecified atom stereocenters.